The molecule has 0 atom stereocenters. The van der Waals surface area contributed by atoms with Crippen LogP contribution >= 0.6 is 12.4 Å². The second kappa shape index (κ2) is 6.95. The minimum absolute atomic E-state index is 0. The number of hydrogen-bond acceptors (Lipinski definition) is 3. The Morgan fingerprint density at radius 1 is 1.35 bits per heavy atom. The third-order valence-corrected chi connectivity index (χ3v) is 3.67. The van der Waals surface area contributed by atoms with E-state index in [1.54, 1.807) is 4.90 Å². The van der Waals surface area contributed by atoms with Crippen molar-refractivity contribution in [1.82, 2.24) is 4.90 Å². The van der Waals surface area contributed by atoms with Crippen molar-refractivity contribution in [1.29, 1.82) is 0 Å². The highest BCUT2D eigenvalue weighted by Gasteiger charge is 2.41. The number of benzene rings is 1. The Kier molecular flexibility index (Phi) is 5.84. The molecule has 0 aliphatic heterocycles. The molecule has 112 valence electrons. The molecule has 1 aromatic rings. The van der Waals surface area contributed by atoms with Gasteiger partial charge in [-0.25, -0.2) is 0 Å². The Bertz CT molecular complexity index is 444. The predicted molar refractivity (Wildman–Crippen MR) is 82.1 cm³/mol. The van der Waals surface area contributed by atoms with Crippen LogP contribution in [0.3, 0.4) is 0 Å². The number of nitrogens with zero attached hydrogens (tertiary/aromatic N) is 1. The van der Waals surface area contributed by atoms with Crippen molar-refractivity contribution in [3.05, 3.63) is 29.8 Å². The fourth-order valence-corrected chi connectivity index (χ4v) is 2.36. The van der Waals surface area contributed by atoms with Gasteiger partial charge in [-0.2, -0.15) is 0 Å². The molecule has 1 fully saturated rings. The number of nitrogens with two attached hydrogens (primary N) is 1. The van der Waals surface area contributed by atoms with Gasteiger partial charge in [0.25, 0.3) is 0 Å². The minimum Gasteiger partial charge on any atom is -0.494 e. The fourth-order valence-electron chi connectivity index (χ4n) is 2.36. The van der Waals surface area contributed by atoms with Gasteiger partial charge in [0.05, 0.1) is 12.1 Å². The highest BCUT2D eigenvalue weighted by atomic mass is 35.5. The summed E-state index contributed by atoms with van der Waals surface area (Å²) in [5.74, 6) is 0.905. The van der Waals surface area contributed by atoms with Gasteiger partial charge in [0.2, 0.25) is 5.91 Å². The van der Waals surface area contributed by atoms with Gasteiger partial charge in [-0.05, 0) is 43.9 Å². The average molecular weight is 299 g/mol. The molecule has 1 aliphatic rings. The lowest BCUT2D eigenvalue weighted by Gasteiger charge is -2.39. The molecule has 0 unspecified atom stereocenters. The Hall–Kier alpha value is -1.26. The normalized spacial score (nSPS) is 15.8. The Morgan fingerprint density at radius 2 is 1.95 bits per heavy atom. The second-order valence-corrected chi connectivity index (χ2v) is 5.25. The summed E-state index contributed by atoms with van der Waals surface area (Å²) in [5, 5.41) is 0. The van der Waals surface area contributed by atoms with Crippen LogP contribution in [0.4, 0.5) is 0 Å². The quantitative estimate of drug-likeness (QED) is 0.908. The van der Waals surface area contributed by atoms with Gasteiger partial charge in [-0.1, -0.05) is 12.1 Å². The predicted octanol–water partition coefficient (Wildman–Crippen LogP) is 2.35. The van der Waals surface area contributed by atoms with E-state index in [1.807, 2.05) is 38.2 Å². The zero-order valence-corrected chi connectivity index (χ0v) is 12.9. The van der Waals surface area contributed by atoms with Crippen molar-refractivity contribution in [2.45, 2.75) is 38.3 Å². The molecule has 20 heavy (non-hydrogen) atoms. The van der Waals surface area contributed by atoms with Gasteiger partial charge in [0, 0.05) is 13.6 Å². The van der Waals surface area contributed by atoms with Crippen LogP contribution in [0, 0.1) is 0 Å². The van der Waals surface area contributed by atoms with Crippen LogP contribution < -0.4 is 10.5 Å². The van der Waals surface area contributed by atoms with Crippen LogP contribution in [-0.2, 0) is 11.3 Å². The Labute approximate surface area is 126 Å². The third-order valence-electron chi connectivity index (χ3n) is 3.67. The van der Waals surface area contributed by atoms with Crippen LogP contribution in [0.15, 0.2) is 24.3 Å². The first kappa shape index (κ1) is 16.8. The van der Waals surface area contributed by atoms with Gasteiger partial charge in [-0.3, -0.25) is 4.79 Å². The van der Waals surface area contributed by atoms with E-state index >= 15 is 0 Å². The smallest absolute Gasteiger partial charge is 0.242 e. The Balaban J connectivity index is 0.00000200. The van der Waals surface area contributed by atoms with Gasteiger partial charge >= 0.3 is 0 Å². The van der Waals surface area contributed by atoms with Crippen molar-refractivity contribution < 1.29 is 9.53 Å². The van der Waals surface area contributed by atoms with Gasteiger partial charge in [0.1, 0.15) is 5.75 Å². The summed E-state index contributed by atoms with van der Waals surface area (Å²) in [4.78, 5) is 13.9. The van der Waals surface area contributed by atoms with E-state index in [1.165, 1.54) is 0 Å². The van der Waals surface area contributed by atoms with Crippen molar-refractivity contribution in [3.8, 4) is 5.75 Å². The van der Waals surface area contributed by atoms with Crippen LogP contribution in [0.2, 0.25) is 0 Å². The van der Waals surface area contributed by atoms with Crippen molar-refractivity contribution >= 4 is 18.3 Å². The molecule has 4 nitrogen and oxygen atoms in total. The molecule has 5 heteroatoms. The number of amides is 1. The molecule has 1 aliphatic carbocycles. The maximum absolute atomic E-state index is 12.2. The lowest BCUT2D eigenvalue weighted by molar-refractivity contribution is -0.139. The number of hydrogen-bond donors (Lipinski definition) is 1. The van der Waals surface area contributed by atoms with Crippen LogP contribution in [-0.4, -0.2) is 30.0 Å². The summed E-state index contributed by atoms with van der Waals surface area (Å²) in [6.45, 7) is 3.21. The molecule has 0 saturated heterocycles. The van der Waals surface area contributed by atoms with Gasteiger partial charge in [-0.15, -0.1) is 12.4 Å². The third kappa shape index (κ3) is 3.64. The van der Waals surface area contributed by atoms with E-state index in [2.05, 4.69) is 0 Å². The van der Waals surface area contributed by atoms with E-state index in [4.69, 9.17) is 10.5 Å². The first-order valence-corrected chi connectivity index (χ1v) is 6.81. The van der Waals surface area contributed by atoms with Crippen LogP contribution in [0.5, 0.6) is 5.75 Å². The number of carbonyl (C=O) groups excluding carboxylic acids is 1. The zero-order valence-electron chi connectivity index (χ0n) is 12.1. The highest BCUT2D eigenvalue weighted by Crippen LogP contribution is 2.31. The number of ether oxygens (including phenoxy) is 1. The maximum Gasteiger partial charge on any atom is 0.242 e. The second-order valence-electron chi connectivity index (χ2n) is 5.25. The van der Waals surface area contributed by atoms with Gasteiger partial charge in [0.15, 0.2) is 0 Å². The molecule has 0 bridgehead atoms. The molecule has 1 amide bonds. The molecule has 2 rings (SSSR count). The van der Waals surface area contributed by atoms with Crippen LogP contribution in [0.25, 0.3) is 0 Å². The molecule has 0 radical (unpaired) electrons. The summed E-state index contributed by atoms with van der Waals surface area (Å²) >= 11 is 0. The van der Waals surface area contributed by atoms with Crippen molar-refractivity contribution in [3.63, 3.8) is 0 Å². The molecule has 0 heterocycles. The topological polar surface area (TPSA) is 55.6 Å². The van der Waals surface area contributed by atoms with Crippen molar-refractivity contribution in [2.24, 2.45) is 5.73 Å². The van der Waals surface area contributed by atoms with E-state index in [9.17, 15) is 4.79 Å². The minimum atomic E-state index is -0.611. The summed E-state index contributed by atoms with van der Waals surface area (Å²) in [6, 6.07) is 7.83. The fraction of sp³-hybridized carbons (Fsp3) is 0.533. The largest absolute Gasteiger partial charge is 0.494 e. The first-order valence-electron chi connectivity index (χ1n) is 6.81. The molecule has 0 aromatic heterocycles. The number of halogens is 1. The molecule has 2 N–H and O–H groups in total. The molecular formula is C15H23ClN2O2. The first-order chi connectivity index (χ1) is 9.05. The summed E-state index contributed by atoms with van der Waals surface area (Å²) in [5.41, 5.74) is 6.53. The molecule has 0 spiro atoms. The lowest BCUT2D eigenvalue weighted by atomic mass is 9.76. The molecule has 1 aromatic carbocycles. The van der Waals surface area contributed by atoms with Crippen molar-refractivity contribution in [2.75, 3.05) is 13.7 Å². The monoisotopic (exact) mass is 298 g/mol. The molecule has 1 saturated carbocycles. The Morgan fingerprint density at radius 3 is 2.40 bits per heavy atom. The SMILES string of the molecule is CCOc1ccc(CN(C)C(=O)C2(N)CCC2)cc1.Cl. The average Bonchev–Trinajstić information content (AvgIpc) is 2.37. The number of likely N-dealkylation sites (N-methyl/N-ethyl adjacent to an activating group) is 1. The summed E-state index contributed by atoms with van der Waals surface area (Å²) < 4.78 is 5.39. The van der Waals surface area contributed by atoms with E-state index in [0.29, 0.717) is 13.2 Å². The molecular weight excluding hydrogens is 276 g/mol. The zero-order chi connectivity index (χ0) is 13.9. The lowest BCUT2D eigenvalue weighted by Crippen LogP contribution is -2.58. The van der Waals surface area contributed by atoms with E-state index in [-0.39, 0.29) is 18.3 Å². The van der Waals surface area contributed by atoms with E-state index in [0.717, 1.165) is 30.6 Å². The standard InChI is InChI=1S/C15H22N2O2.ClH/c1-3-19-13-7-5-12(6-8-13)11-17(2)14(18)15(16)9-4-10-15;/h5-8H,3-4,9-11,16H2,1-2H3;1H. The number of carbonyl (C=O) groups is 1. The number of rotatable bonds is 5. The highest BCUT2D eigenvalue weighted by molar-refractivity contribution is 5.86. The van der Waals surface area contributed by atoms with Gasteiger partial charge < -0.3 is 15.4 Å². The summed E-state index contributed by atoms with van der Waals surface area (Å²) in [7, 11) is 1.81. The van der Waals surface area contributed by atoms with Crippen LogP contribution in [0.1, 0.15) is 31.7 Å². The maximum atomic E-state index is 12.2. The summed E-state index contributed by atoms with van der Waals surface area (Å²) in [6.07, 6.45) is 2.66. The van der Waals surface area contributed by atoms with E-state index < -0.39 is 5.54 Å².